The topological polar surface area (TPSA) is 76.0 Å². The van der Waals surface area contributed by atoms with Gasteiger partial charge < -0.3 is 9.51 Å². The molecule has 0 unspecified atom stereocenters. The van der Waals surface area contributed by atoms with Gasteiger partial charge in [0.2, 0.25) is 11.1 Å². The third-order valence-corrected chi connectivity index (χ3v) is 2.06. The lowest BCUT2D eigenvalue weighted by Gasteiger charge is -1.93. The third-order valence-electron chi connectivity index (χ3n) is 2.06. The van der Waals surface area contributed by atoms with Crippen LogP contribution in [0.2, 0.25) is 0 Å². The summed E-state index contributed by atoms with van der Waals surface area (Å²) in [7, 11) is 0. The van der Waals surface area contributed by atoms with E-state index < -0.39 is 0 Å². The number of pyridine rings is 1. The van der Waals surface area contributed by atoms with Crippen molar-refractivity contribution in [2.75, 3.05) is 0 Å². The summed E-state index contributed by atoms with van der Waals surface area (Å²) in [6.45, 7) is 3.00. The molecule has 0 aliphatic rings. The molecule has 0 saturated heterocycles. The Morgan fingerprint density at radius 1 is 1.57 bits per heavy atom. The maximum atomic E-state index is 11.7. The van der Waals surface area contributed by atoms with E-state index in [0.29, 0.717) is 16.8 Å². The fourth-order valence-corrected chi connectivity index (χ4v) is 1.34. The van der Waals surface area contributed by atoms with Crippen LogP contribution in [0.25, 0.3) is 11.1 Å². The highest BCUT2D eigenvalue weighted by atomic mass is 16.5. The normalized spacial score (nSPS) is 10.7. The zero-order chi connectivity index (χ0) is 10.3. The maximum absolute atomic E-state index is 11.7. The second-order valence-corrected chi connectivity index (χ2v) is 3.06. The fraction of sp³-hybridized carbons (Fsp3) is 0.222. The van der Waals surface area contributed by atoms with Gasteiger partial charge in [-0.05, 0) is 13.8 Å². The maximum Gasteiger partial charge on any atom is 0.240 e. The minimum atomic E-state index is -0.329. The predicted octanol–water partition coefficient (Wildman–Crippen LogP) is 1.03. The number of nitrogens with one attached hydrogen (secondary N) is 1. The second kappa shape index (κ2) is 2.80. The van der Waals surface area contributed by atoms with Gasteiger partial charge in [-0.2, -0.15) is 0 Å². The lowest BCUT2D eigenvalue weighted by molar-refractivity contribution is 0.101. The van der Waals surface area contributed by atoms with Crippen molar-refractivity contribution in [2.24, 2.45) is 0 Å². The van der Waals surface area contributed by atoms with Crippen LogP contribution in [0.1, 0.15) is 23.0 Å². The molecule has 0 fully saturated rings. The van der Waals surface area contributed by atoms with Crippen LogP contribution in [0.3, 0.4) is 0 Å². The summed E-state index contributed by atoms with van der Waals surface area (Å²) in [6, 6.07) is 0. The van der Waals surface area contributed by atoms with Gasteiger partial charge in [0.05, 0.1) is 11.3 Å². The lowest BCUT2D eigenvalue weighted by atomic mass is 10.1. The number of carbonyl (C=O) groups excluding carboxylic acids is 1. The molecule has 0 aliphatic carbocycles. The molecule has 0 aromatic carbocycles. The van der Waals surface area contributed by atoms with Gasteiger partial charge in [-0.25, -0.2) is 0 Å². The van der Waals surface area contributed by atoms with Crippen LogP contribution in [0, 0.1) is 6.92 Å². The van der Waals surface area contributed by atoms with Gasteiger partial charge in [0, 0.05) is 6.20 Å². The van der Waals surface area contributed by atoms with E-state index in [1.54, 1.807) is 6.92 Å². The fourth-order valence-electron chi connectivity index (χ4n) is 1.34. The Kier molecular flexibility index (Phi) is 1.73. The number of aryl methyl sites for hydroxylation is 1. The minimum Gasteiger partial charge on any atom is -0.337 e. The van der Waals surface area contributed by atoms with Crippen molar-refractivity contribution >= 4 is 16.9 Å². The largest absolute Gasteiger partial charge is 0.337 e. The van der Waals surface area contributed by atoms with Gasteiger partial charge in [0.25, 0.3) is 0 Å². The number of carbonyl (C=O) groups is 1. The Balaban J connectivity index is 2.93. The molecule has 2 heterocycles. The first-order chi connectivity index (χ1) is 6.61. The summed E-state index contributed by atoms with van der Waals surface area (Å²) < 4.78 is 4.85. The molecule has 5 nitrogen and oxygen atoms in total. The summed E-state index contributed by atoms with van der Waals surface area (Å²) in [6.07, 6.45) is 1.34. The Morgan fingerprint density at radius 3 is 2.93 bits per heavy atom. The number of Topliss-reactive ketones (excluding diaryl/α,β-unsaturated/α-hetero) is 1. The smallest absolute Gasteiger partial charge is 0.240 e. The minimum absolute atomic E-state index is 0.129. The molecular weight excluding hydrogens is 184 g/mol. The van der Waals surface area contributed by atoms with E-state index in [1.165, 1.54) is 13.1 Å². The number of hydrogen-bond donors (Lipinski definition) is 1. The van der Waals surface area contributed by atoms with E-state index in [1.807, 2.05) is 0 Å². The quantitative estimate of drug-likeness (QED) is 0.684. The molecule has 0 radical (unpaired) electrons. The average Bonchev–Trinajstić information content (AvgIpc) is 2.48. The van der Waals surface area contributed by atoms with Crippen molar-refractivity contribution in [3.05, 3.63) is 27.7 Å². The summed E-state index contributed by atoms with van der Waals surface area (Å²) in [5, 5.41) is 3.98. The van der Waals surface area contributed by atoms with Gasteiger partial charge in [0.1, 0.15) is 5.39 Å². The Bertz CT molecular complexity index is 565. The monoisotopic (exact) mass is 192 g/mol. The first kappa shape index (κ1) is 8.68. The molecule has 2 aromatic rings. The molecule has 1 N–H and O–H groups in total. The van der Waals surface area contributed by atoms with Crippen LogP contribution in [-0.4, -0.2) is 15.9 Å². The van der Waals surface area contributed by atoms with Crippen LogP contribution >= 0.6 is 0 Å². The van der Waals surface area contributed by atoms with Crippen molar-refractivity contribution in [1.82, 2.24) is 10.1 Å². The molecule has 0 atom stereocenters. The number of nitrogens with zero attached hydrogens (tertiary/aromatic N) is 1. The van der Waals surface area contributed by atoms with Crippen LogP contribution in [-0.2, 0) is 0 Å². The lowest BCUT2D eigenvalue weighted by Crippen LogP contribution is -2.13. The molecular formula is C9H8N2O3. The van der Waals surface area contributed by atoms with Crippen molar-refractivity contribution in [2.45, 2.75) is 13.8 Å². The number of ketones is 1. The van der Waals surface area contributed by atoms with Crippen molar-refractivity contribution in [3.63, 3.8) is 0 Å². The molecule has 72 valence electrons. The molecule has 0 spiro atoms. The molecule has 5 heteroatoms. The van der Waals surface area contributed by atoms with Crippen LogP contribution in [0.4, 0.5) is 0 Å². The molecule has 0 amide bonds. The summed E-state index contributed by atoms with van der Waals surface area (Å²) in [4.78, 5) is 25.5. The van der Waals surface area contributed by atoms with E-state index in [9.17, 15) is 9.59 Å². The Morgan fingerprint density at radius 2 is 2.29 bits per heavy atom. The number of rotatable bonds is 1. The highest BCUT2D eigenvalue weighted by Gasteiger charge is 2.13. The van der Waals surface area contributed by atoms with E-state index in [4.69, 9.17) is 4.52 Å². The molecule has 0 bridgehead atoms. The number of fused-ring (bicyclic) bond motifs is 1. The van der Waals surface area contributed by atoms with Crippen molar-refractivity contribution in [1.29, 1.82) is 0 Å². The standard InChI is InChI=1S/C9H8N2O3/c1-4-7-8(13)6(5(2)12)3-10-9(7)14-11-4/h3H,1-2H3,(H,10,13). The van der Waals surface area contributed by atoms with E-state index in [-0.39, 0.29) is 16.8 Å². The summed E-state index contributed by atoms with van der Waals surface area (Å²) in [5.41, 5.74) is 0.593. The molecule has 2 rings (SSSR count). The molecule has 2 aromatic heterocycles. The van der Waals surface area contributed by atoms with Gasteiger partial charge in [-0.15, -0.1) is 0 Å². The number of aromatic amines is 1. The average molecular weight is 192 g/mol. The van der Waals surface area contributed by atoms with Crippen LogP contribution in [0.15, 0.2) is 15.5 Å². The highest BCUT2D eigenvalue weighted by molar-refractivity contribution is 5.96. The second-order valence-electron chi connectivity index (χ2n) is 3.06. The summed E-state index contributed by atoms with van der Waals surface area (Å²) >= 11 is 0. The van der Waals surface area contributed by atoms with Gasteiger partial charge in [-0.3, -0.25) is 9.59 Å². The van der Waals surface area contributed by atoms with Crippen molar-refractivity contribution in [3.8, 4) is 0 Å². The summed E-state index contributed by atoms with van der Waals surface area (Å²) in [5.74, 6) is -0.270. The van der Waals surface area contributed by atoms with Crippen LogP contribution < -0.4 is 5.43 Å². The number of hydrogen-bond acceptors (Lipinski definition) is 4. The van der Waals surface area contributed by atoms with E-state index in [2.05, 4.69) is 10.1 Å². The van der Waals surface area contributed by atoms with E-state index >= 15 is 0 Å². The molecule has 0 aliphatic heterocycles. The third kappa shape index (κ3) is 1.06. The zero-order valence-electron chi connectivity index (χ0n) is 7.75. The first-order valence-corrected chi connectivity index (χ1v) is 4.10. The van der Waals surface area contributed by atoms with Gasteiger partial charge in [-0.1, -0.05) is 5.16 Å². The zero-order valence-corrected chi connectivity index (χ0v) is 7.75. The Hall–Kier alpha value is -1.91. The molecule has 14 heavy (non-hydrogen) atoms. The highest BCUT2D eigenvalue weighted by Crippen LogP contribution is 2.11. The number of H-pyrrole nitrogens is 1. The SMILES string of the molecule is CC(=O)c1c[nH]c2onc(C)c2c1=O. The van der Waals surface area contributed by atoms with Crippen LogP contribution in [0.5, 0.6) is 0 Å². The van der Waals surface area contributed by atoms with Gasteiger partial charge in [0.15, 0.2) is 5.78 Å². The first-order valence-electron chi connectivity index (χ1n) is 4.10. The van der Waals surface area contributed by atoms with E-state index in [0.717, 1.165) is 0 Å². The Labute approximate surface area is 78.7 Å². The molecule has 0 saturated carbocycles. The van der Waals surface area contributed by atoms with Crippen molar-refractivity contribution < 1.29 is 9.32 Å². The predicted molar refractivity (Wildman–Crippen MR) is 49.4 cm³/mol. The van der Waals surface area contributed by atoms with Gasteiger partial charge >= 0.3 is 0 Å². The number of aromatic nitrogens is 2.